The van der Waals surface area contributed by atoms with E-state index in [-0.39, 0.29) is 39.1 Å². The van der Waals surface area contributed by atoms with E-state index in [4.69, 9.17) is 25.8 Å². The number of nitrogens with zero attached hydrogens (tertiary/aromatic N) is 1. The highest BCUT2D eigenvalue weighted by atomic mass is 35.5. The molecule has 3 rings (SSSR count). The van der Waals surface area contributed by atoms with Gasteiger partial charge in [-0.15, -0.1) is 0 Å². The molecular formula is C22H15ClFNO7. The van der Waals surface area contributed by atoms with Crippen molar-refractivity contribution in [2.45, 2.75) is 0 Å². The quantitative estimate of drug-likeness (QED) is 0.196. The molecule has 32 heavy (non-hydrogen) atoms. The summed E-state index contributed by atoms with van der Waals surface area (Å²) in [6.45, 7) is -0.655. The zero-order chi connectivity index (χ0) is 23.3. The van der Waals surface area contributed by atoms with E-state index in [1.165, 1.54) is 55.6 Å². The molecule has 0 bridgehead atoms. The normalized spacial score (nSPS) is 10.3. The van der Waals surface area contributed by atoms with Gasteiger partial charge in [-0.25, -0.2) is 9.18 Å². The Morgan fingerprint density at radius 3 is 2.44 bits per heavy atom. The van der Waals surface area contributed by atoms with Crippen molar-refractivity contribution in [2.24, 2.45) is 0 Å². The van der Waals surface area contributed by atoms with Gasteiger partial charge in [-0.2, -0.15) is 0 Å². The second kappa shape index (κ2) is 9.88. The lowest BCUT2D eigenvalue weighted by Crippen LogP contribution is -2.15. The largest absolute Gasteiger partial charge is 0.493 e. The Morgan fingerprint density at radius 2 is 1.75 bits per heavy atom. The maximum atomic E-state index is 13.7. The van der Waals surface area contributed by atoms with Gasteiger partial charge in [0.25, 0.3) is 0 Å². The maximum Gasteiger partial charge on any atom is 0.338 e. The molecule has 0 spiro atoms. The SMILES string of the molecule is COc1cc(C(=O)OCC(=O)c2ccccc2F)ccc1Oc1ccc(Cl)cc1[N+](=O)[O-]. The molecule has 10 heteroatoms. The van der Waals surface area contributed by atoms with Gasteiger partial charge in [-0.3, -0.25) is 14.9 Å². The third-order valence-corrected chi connectivity index (χ3v) is 4.48. The van der Waals surface area contributed by atoms with Gasteiger partial charge in [-0.1, -0.05) is 23.7 Å². The fraction of sp³-hybridized carbons (Fsp3) is 0.0909. The third-order valence-electron chi connectivity index (χ3n) is 4.25. The van der Waals surface area contributed by atoms with Gasteiger partial charge >= 0.3 is 11.7 Å². The number of halogens is 2. The van der Waals surface area contributed by atoms with Crippen LogP contribution in [0.4, 0.5) is 10.1 Å². The summed E-state index contributed by atoms with van der Waals surface area (Å²) in [6, 6.07) is 13.2. The Labute approximate surface area is 186 Å². The summed E-state index contributed by atoms with van der Waals surface area (Å²) in [5.41, 5.74) is -0.512. The average molecular weight is 460 g/mol. The molecule has 0 unspecified atom stereocenters. The minimum absolute atomic E-state index is 0.0288. The molecule has 0 fully saturated rings. The van der Waals surface area contributed by atoms with Crippen LogP contribution in [0.15, 0.2) is 60.7 Å². The molecule has 0 saturated heterocycles. The molecule has 0 amide bonds. The van der Waals surface area contributed by atoms with Crippen LogP contribution in [0.2, 0.25) is 5.02 Å². The molecule has 0 aliphatic heterocycles. The third kappa shape index (κ3) is 5.19. The number of ether oxygens (including phenoxy) is 3. The maximum absolute atomic E-state index is 13.7. The van der Waals surface area contributed by atoms with Crippen LogP contribution in [0.25, 0.3) is 0 Å². The smallest absolute Gasteiger partial charge is 0.338 e. The van der Waals surface area contributed by atoms with Gasteiger partial charge in [0.05, 0.1) is 23.2 Å². The van der Waals surface area contributed by atoms with Crippen molar-refractivity contribution in [3.63, 3.8) is 0 Å². The Balaban J connectivity index is 1.75. The zero-order valence-electron chi connectivity index (χ0n) is 16.5. The number of ketones is 1. The van der Waals surface area contributed by atoms with E-state index in [9.17, 15) is 24.1 Å². The molecule has 3 aromatic rings. The Kier molecular flexibility index (Phi) is 7.01. The van der Waals surface area contributed by atoms with E-state index in [2.05, 4.69) is 0 Å². The van der Waals surface area contributed by atoms with Crippen LogP contribution >= 0.6 is 11.6 Å². The summed E-state index contributed by atoms with van der Waals surface area (Å²) in [4.78, 5) is 35.0. The highest BCUT2D eigenvalue weighted by molar-refractivity contribution is 6.30. The first kappa shape index (κ1) is 22.7. The number of esters is 1. The van der Waals surface area contributed by atoms with Crippen molar-refractivity contribution in [3.05, 3.63) is 92.7 Å². The van der Waals surface area contributed by atoms with Crippen LogP contribution in [0.3, 0.4) is 0 Å². The Hall–Kier alpha value is -3.98. The molecule has 0 aliphatic rings. The van der Waals surface area contributed by atoms with Crippen molar-refractivity contribution >= 4 is 29.0 Å². The fourth-order valence-corrected chi connectivity index (χ4v) is 2.86. The van der Waals surface area contributed by atoms with Crippen LogP contribution < -0.4 is 9.47 Å². The molecule has 0 N–H and O–H groups in total. The van der Waals surface area contributed by atoms with E-state index in [0.717, 1.165) is 12.1 Å². The predicted octanol–water partition coefficient (Wildman–Crippen LogP) is 5.23. The number of hydrogen-bond acceptors (Lipinski definition) is 7. The minimum Gasteiger partial charge on any atom is -0.493 e. The summed E-state index contributed by atoms with van der Waals surface area (Å²) in [6.07, 6.45) is 0. The molecule has 8 nitrogen and oxygen atoms in total. The molecule has 0 heterocycles. The Morgan fingerprint density at radius 1 is 1.03 bits per heavy atom. The number of Topliss-reactive ketones (excluding diaryl/α,β-unsaturated/α-hetero) is 1. The highest BCUT2D eigenvalue weighted by Crippen LogP contribution is 2.38. The first-order chi connectivity index (χ1) is 15.3. The number of carbonyl (C=O) groups excluding carboxylic acids is 2. The first-order valence-corrected chi connectivity index (χ1v) is 9.42. The predicted molar refractivity (Wildman–Crippen MR) is 112 cm³/mol. The average Bonchev–Trinajstić information content (AvgIpc) is 2.78. The summed E-state index contributed by atoms with van der Waals surface area (Å²) in [7, 11) is 1.31. The fourth-order valence-electron chi connectivity index (χ4n) is 2.70. The van der Waals surface area contributed by atoms with Gasteiger partial charge < -0.3 is 14.2 Å². The van der Waals surface area contributed by atoms with Gasteiger partial charge in [0.2, 0.25) is 11.5 Å². The van der Waals surface area contributed by atoms with Gasteiger partial charge in [0.15, 0.2) is 18.1 Å². The van der Waals surface area contributed by atoms with E-state index in [1.807, 2.05) is 0 Å². The number of benzene rings is 3. The van der Waals surface area contributed by atoms with Crippen LogP contribution in [-0.2, 0) is 4.74 Å². The number of hydrogen-bond donors (Lipinski definition) is 0. The van der Waals surface area contributed by atoms with Crippen molar-refractivity contribution in [2.75, 3.05) is 13.7 Å². The second-order valence-electron chi connectivity index (χ2n) is 6.32. The van der Waals surface area contributed by atoms with Gasteiger partial charge in [0.1, 0.15) is 5.82 Å². The lowest BCUT2D eigenvalue weighted by molar-refractivity contribution is -0.385. The molecule has 0 aliphatic carbocycles. The van der Waals surface area contributed by atoms with E-state index in [0.29, 0.717) is 0 Å². The summed E-state index contributed by atoms with van der Waals surface area (Å²) < 4.78 is 29.4. The first-order valence-electron chi connectivity index (χ1n) is 9.05. The van der Waals surface area contributed by atoms with Crippen LogP contribution in [0, 0.1) is 15.9 Å². The molecular weight excluding hydrogens is 445 g/mol. The number of methoxy groups -OCH3 is 1. The van der Waals surface area contributed by atoms with E-state index < -0.39 is 29.1 Å². The summed E-state index contributed by atoms with van der Waals surface area (Å²) in [5.74, 6) is -2.16. The van der Waals surface area contributed by atoms with Crippen molar-refractivity contribution in [1.29, 1.82) is 0 Å². The number of nitro groups is 1. The van der Waals surface area contributed by atoms with Gasteiger partial charge in [0, 0.05) is 11.1 Å². The highest BCUT2D eigenvalue weighted by Gasteiger charge is 2.20. The summed E-state index contributed by atoms with van der Waals surface area (Å²) >= 11 is 5.80. The molecule has 3 aromatic carbocycles. The Bertz CT molecular complexity index is 1200. The standard InChI is InChI=1S/C22H15ClFNO7/c1-30-21-10-13(22(27)31-12-18(26)15-4-2-3-5-16(15)24)6-8-20(21)32-19-9-7-14(23)11-17(19)25(28)29/h2-11H,12H2,1H3. The van der Waals surface area contributed by atoms with Crippen molar-refractivity contribution in [3.8, 4) is 17.2 Å². The monoisotopic (exact) mass is 459 g/mol. The number of rotatable bonds is 8. The van der Waals surface area contributed by atoms with E-state index >= 15 is 0 Å². The lowest BCUT2D eigenvalue weighted by atomic mass is 10.1. The van der Waals surface area contributed by atoms with Crippen LogP contribution in [0.5, 0.6) is 17.2 Å². The molecule has 0 atom stereocenters. The molecule has 0 saturated carbocycles. The van der Waals surface area contributed by atoms with Crippen LogP contribution in [0.1, 0.15) is 20.7 Å². The molecule has 0 radical (unpaired) electrons. The topological polar surface area (TPSA) is 105 Å². The molecule has 0 aromatic heterocycles. The second-order valence-corrected chi connectivity index (χ2v) is 6.75. The van der Waals surface area contributed by atoms with Crippen molar-refractivity contribution in [1.82, 2.24) is 0 Å². The van der Waals surface area contributed by atoms with Gasteiger partial charge in [-0.05, 0) is 42.5 Å². The van der Waals surface area contributed by atoms with Crippen molar-refractivity contribution < 1.29 is 33.1 Å². The minimum atomic E-state index is -0.850. The summed E-state index contributed by atoms with van der Waals surface area (Å²) in [5, 5.41) is 11.4. The number of nitro benzene ring substituents is 1. The molecule has 164 valence electrons. The lowest BCUT2D eigenvalue weighted by Gasteiger charge is -2.12. The number of carbonyl (C=O) groups is 2. The van der Waals surface area contributed by atoms with Crippen LogP contribution in [-0.4, -0.2) is 30.4 Å². The zero-order valence-corrected chi connectivity index (χ0v) is 17.3. The van der Waals surface area contributed by atoms with E-state index in [1.54, 1.807) is 0 Å².